The number of para-hydroxylation sites is 2. The van der Waals surface area contributed by atoms with E-state index in [2.05, 4.69) is 5.32 Å². The van der Waals surface area contributed by atoms with Crippen molar-refractivity contribution in [2.45, 2.75) is 25.4 Å². The van der Waals surface area contributed by atoms with Gasteiger partial charge in [-0.1, -0.05) is 30.3 Å². The predicted octanol–water partition coefficient (Wildman–Crippen LogP) is 2.99. The fraction of sp³-hybridized carbons (Fsp3) is 0.381. The van der Waals surface area contributed by atoms with E-state index >= 15 is 0 Å². The molecule has 0 radical (unpaired) electrons. The zero-order valence-electron chi connectivity index (χ0n) is 15.5. The van der Waals surface area contributed by atoms with Crippen molar-refractivity contribution in [2.75, 3.05) is 26.8 Å². The number of nitrogens with one attached hydrogen (secondary N) is 1. The van der Waals surface area contributed by atoms with Crippen LogP contribution in [-0.4, -0.2) is 43.7 Å². The van der Waals surface area contributed by atoms with Gasteiger partial charge in [0.05, 0.1) is 20.2 Å². The highest BCUT2D eigenvalue weighted by molar-refractivity contribution is 5.78. The first-order valence-electron chi connectivity index (χ1n) is 9.17. The molecule has 1 aliphatic carbocycles. The number of methoxy groups -OCH3 is 1. The van der Waals surface area contributed by atoms with E-state index in [1.54, 1.807) is 19.2 Å². The van der Waals surface area contributed by atoms with E-state index in [-0.39, 0.29) is 18.3 Å². The molecule has 3 rings (SSSR count). The molecule has 27 heavy (non-hydrogen) atoms. The van der Waals surface area contributed by atoms with E-state index in [4.69, 9.17) is 9.47 Å². The van der Waals surface area contributed by atoms with Gasteiger partial charge in [-0.3, -0.25) is 9.69 Å². The van der Waals surface area contributed by atoms with Crippen LogP contribution in [0.4, 0.5) is 4.39 Å². The van der Waals surface area contributed by atoms with Crippen LogP contribution in [0.25, 0.3) is 0 Å². The third-order valence-electron chi connectivity index (χ3n) is 4.49. The SMILES string of the molecule is COc1ccccc1OCCNC(=O)CN(Cc1ccccc1F)C1CC1. The van der Waals surface area contributed by atoms with Crippen LogP contribution in [0.15, 0.2) is 48.5 Å². The molecule has 0 aliphatic heterocycles. The van der Waals surface area contributed by atoms with Crippen molar-refractivity contribution in [3.05, 3.63) is 59.9 Å². The number of nitrogens with zero attached hydrogens (tertiary/aromatic N) is 1. The normalized spacial score (nSPS) is 13.4. The Labute approximate surface area is 159 Å². The minimum Gasteiger partial charge on any atom is -0.493 e. The van der Waals surface area contributed by atoms with Gasteiger partial charge in [-0.15, -0.1) is 0 Å². The molecule has 5 nitrogen and oxygen atoms in total. The Kier molecular flexibility index (Phi) is 6.65. The first kappa shape index (κ1) is 19.2. The second kappa shape index (κ2) is 9.37. The van der Waals surface area contributed by atoms with Crippen LogP contribution < -0.4 is 14.8 Å². The molecule has 1 saturated carbocycles. The second-order valence-electron chi connectivity index (χ2n) is 6.58. The standard InChI is InChI=1S/C21H25FN2O3/c1-26-19-8-4-5-9-20(19)27-13-12-23-21(25)15-24(17-10-11-17)14-16-6-2-3-7-18(16)22/h2-9,17H,10-15H2,1H3,(H,23,25). The van der Waals surface area contributed by atoms with Crippen molar-refractivity contribution in [1.82, 2.24) is 10.2 Å². The lowest BCUT2D eigenvalue weighted by atomic mass is 10.2. The molecule has 0 aromatic heterocycles. The summed E-state index contributed by atoms with van der Waals surface area (Å²) in [7, 11) is 1.59. The maximum atomic E-state index is 13.9. The van der Waals surface area contributed by atoms with Gasteiger partial charge in [-0.25, -0.2) is 4.39 Å². The second-order valence-corrected chi connectivity index (χ2v) is 6.58. The van der Waals surface area contributed by atoms with Crippen LogP contribution in [0.3, 0.4) is 0 Å². The lowest BCUT2D eigenvalue weighted by Gasteiger charge is -2.21. The number of hydrogen-bond acceptors (Lipinski definition) is 4. The number of ether oxygens (including phenoxy) is 2. The monoisotopic (exact) mass is 372 g/mol. The van der Waals surface area contributed by atoms with Crippen molar-refractivity contribution >= 4 is 5.91 Å². The number of benzene rings is 2. The van der Waals surface area contributed by atoms with Gasteiger partial charge in [0.25, 0.3) is 0 Å². The number of rotatable bonds is 10. The lowest BCUT2D eigenvalue weighted by molar-refractivity contribution is -0.122. The van der Waals surface area contributed by atoms with Crippen LogP contribution in [0.2, 0.25) is 0 Å². The third kappa shape index (κ3) is 5.69. The van der Waals surface area contributed by atoms with Gasteiger partial charge in [0.2, 0.25) is 5.91 Å². The fourth-order valence-electron chi connectivity index (χ4n) is 2.93. The van der Waals surface area contributed by atoms with Crippen LogP contribution in [-0.2, 0) is 11.3 Å². The molecular weight excluding hydrogens is 347 g/mol. The Morgan fingerprint density at radius 3 is 2.56 bits per heavy atom. The van der Waals surface area contributed by atoms with E-state index in [1.165, 1.54) is 6.07 Å². The molecule has 0 saturated heterocycles. The Bertz CT molecular complexity index is 765. The third-order valence-corrected chi connectivity index (χ3v) is 4.49. The molecule has 1 fully saturated rings. The van der Waals surface area contributed by atoms with Gasteiger partial charge in [0.15, 0.2) is 11.5 Å². The first-order valence-corrected chi connectivity index (χ1v) is 9.17. The maximum Gasteiger partial charge on any atom is 0.234 e. The van der Waals surface area contributed by atoms with Crippen molar-refractivity contribution in [3.8, 4) is 11.5 Å². The zero-order valence-corrected chi connectivity index (χ0v) is 15.5. The number of carbonyl (C=O) groups excluding carboxylic acids is 1. The van der Waals surface area contributed by atoms with Crippen LogP contribution in [0.5, 0.6) is 11.5 Å². The summed E-state index contributed by atoms with van der Waals surface area (Å²) in [5, 5.41) is 2.86. The molecule has 0 spiro atoms. The topological polar surface area (TPSA) is 50.8 Å². The van der Waals surface area contributed by atoms with Crippen LogP contribution in [0.1, 0.15) is 18.4 Å². The summed E-state index contributed by atoms with van der Waals surface area (Å²) < 4.78 is 24.8. The van der Waals surface area contributed by atoms with Gasteiger partial charge in [0, 0.05) is 18.2 Å². The van der Waals surface area contributed by atoms with E-state index in [0.717, 1.165) is 12.8 Å². The highest BCUT2D eigenvalue weighted by Crippen LogP contribution is 2.28. The molecule has 144 valence electrons. The molecular formula is C21H25FN2O3. The molecule has 0 bridgehead atoms. The lowest BCUT2D eigenvalue weighted by Crippen LogP contribution is -2.39. The molecule has 1 aliphatic rings. The summed E-state index contributed by atoms with van der Waals surface area (Å²) in [4.78, 5) is 14.3. The molecule has 1 amide bonds. The summed E-state index contributed by atoms with van der Waals surface area (Å²) >= 11 is 0. The molecule has 0 unspecified atom stereocenters. The van der Waals surface area contributed by atoms with Crippen LogP contribution in [0, 0.1) is 5.82 Å². The summed E-state index contributed by atoms with van der Waals surface area (Å²) in [5.41, 5.74) is 0.622. The van der Waals surface area contributed by atoms with Crippen LogP contribution >= 0.6 is 0 Å². The number of hydrogen-bond donors (Lipinski definition) is 1. The number of amides is 1. The Morgan fingerprint density at radius 1 is 1.15 bits per heavy atom. The van der Waals surface area contributed by atoms with E-state index < -0.39 is 0 Å². The van der Waals surface area contributed by atoms with E-state index in [9.17, 15) is 9.18 Å². The summed E-state index contributed by atoms with van der Waals surface area (Å²) in [6.07, 6.45) is 2.11. The number of halogens is 1. The van der Waals surface area contributed by atoms with Gasteiger partial charge in [-0.2, -0.15) is 0 Å². The van der Waals surface area contributed by atoms with Crippen molar-refractivity contribution in [2.24, 2.45) is 0 Å². The van der Waals surface area contributed by atoms with Crippen molar-refractivity contribution in [3.63, 3.8) is 0 Å². The van der Waals surface area contributed by atoms with Crippen molar-refractivity contribution in [1.29, 1.82) is 0 Å². The molecule has 2 aromatic rings. The van der Waals surface area contributed by atoms with Gasteiger partial charge in [0.1, 0.15) is 12.4 Å². The number of carbonyl (C=O) groups is 1. The average molecular weight is 372 g/mol. The van der Waals surface area contributed by atoms with Gasteiger partial charge >= 0.3 is 0 Å². The summed E-state index contributed by atoms with van der Waals surface area (Å²) in [6, 6.07) is 14.5. The molecule has 0 atom stereocenters. The predicted molar refractivity (Wildman–Crippen MR) is 101 cm³/mol. The maximum absolute atomic E-state index is 13.9. The minimum atomic E-state index is -0.228. The summed E-state index contributed by atoms with van der Waals surface area (Å²) in [5.74, 6) is 0.998. The largest absolute Gasteiger partial charge is 0.493 e. The minimum absolute atomic E-state index is 0.0816. The van der Waals surface area contributed by atoms with E-state index in [1.807, 2.05) is 35.2 Å². The van der Waals surface area contributed by atoms with Crippen molar-refractivity contribution < 1.29 is 18.7 Å². The Hall–Kier alpha value is -2.60. The average Bonchev–Trinajstić information content (AvgIpc) is 3.52. The smallest absolute Gasteiger partial charge is 0.234 e. The fourth-order valence-corrected chi connectivity index (χ4v) is 2.93. The molecule has 6 heteroatoms. The zero-order chi connectivity index (χ0) is 19.1. The Morgan fingerprint density at radius 2 is 1.85 bits per heavy atom. The molecule has 1 N–H and O–H groups in total. The Balaban J connectivity index is 1.44. The highest BCUT2D eigenvalue weighted by atomic mass is 19.1. The van der Waals surface area contributed by atoms with Gasteiger partial charge in [-0.05, 0) is 31.0 Å². The quantitative estimate of drug-likeness (QED) is 0.652. The van der Waals surface area contributed by atoms with E-state index in [0.29, 0.717) is 42.8 Å². The highest BCUT2D eigenvalue weighted by Gasteiger charge is 2.30. The van der Waals surface area contributed by atoms with Gasteiger partial charge < -0.3 is 14.8 Å². The first-order chi connectivity index (χ1) is 13.2. The molecule has 2 aromatic carbocycles. The summed E-state index contributed by atoms with van der Waals surface area (Å²) in [6.45, 7) is 1.45. The molecule has 0 heterocycles.